The van der Waals surface area contributed by atoms with Crippen LogP contribution in [-0.2, 0) is 6.54 Å². The van der Waals surface area contributed by atoms with E-state index in [2.05, 4.69) is 36.3 Å². The van der Waals surface area contributed by atoms with Crippen LogP contribution in [0.25, 0.3) is 11.1 Å². The summed E-state index contributed by atoms with van der Waals surface area (Å²) in [6.45, 7) is 6.94. The molecule has 0 amide bonds. The molecule has 19 heavy (non-hydrogen) atoms. The Morgan fingerprint density at radius 3 is 2.68 bits per heavy atom. The van der Waals surface area contributed by atoms with Crippen LogP contribution in [0.2, 0.25) is 0 Å². The zero-order valence-corrected chi connectivity index (χ0v) is 11.6. The summed E-state index contributed by atoms with van der Waals surface area (Å²) in [6, 6.07) is 8.26. The van der Waals surface area contributed by atoms with Crippen molar-refractivity contribution in [2.24, 2.45) is 0 Å². The van der Waals surface area contributed by atoms with Crippen LogP contribution in [0.5, 0.6) is 0 Å². The number of aromatic nitrogens is 1. The SMILES string of the molecule is Cc1ccc(CNC(C)C)c(-c2ccncc2F)c1. The molecule has 0 unspecified atom stereocenters. The van der Waals surface area contributed by atoms with E-state index >= 15 is 0 Å². The first kappa shape index (κ1) is 13.7. The van der Waals surface area contributed by atoms with Gasteiger partial charge in [-0.3, -0.25) is 4.98 Å². The molecule has 1 heterocycles. The molecule has 100 valence electrons. The summed E-state index contributed by atoms with van der Waals surface area (Å²) in [6.07, 6.45) is 2.89. The van der Waals surface area contributed by atoms with E-state index in [1.54, 1.807) is 12.3 Å². The Labute approximate surface area is 113 Å². The maximum absolute atomic E-state index is 13.9. The molecule has 1 aromatic heterocycles. The van der Waals surface area contributed by atoms with Crippen LogP contribution >= 0.6 is 0 Å². The number of nitrogens with one attached hydrogen (secondary N) is 1. The van der Waals surface area contributed by atoms with Crippen molar-refractivity contribution < 1.29 is 4.39 Å². The molecule has 0 saturated heterocycles. The first-order valence-electron chi connectivity index (χ1n) is 6.50. The average Bonchev–Trinajstić information content (AvgIpc) is 2.37. The lowest BCUT2D eigenvalue weighted by Crippen LogP contribution is -2.22. The number of halogens is 1. The normalized spacial score (nSPS) is 11.0. The van der Waals surface area contributed by atoms with E-state index < -0.39 is 0 Å². The second-order valence-electron chi connectivity index (χ2n) is 5.05. The van der Waals surface area contributed by atoms with Gasteiger partial charge < -0.3 is 5.32 Å². The van der Waals surface area contributed by atoms with Gasteiger partial charge in [-0.1, -0.05) is 37.6 Å². The van der Waals surface area contributed by atoms with E-state index in [0.29, 0.717) is 11.6 Å². The molecule has 0 saturated carbocycles. The molecular formula is C16H19FN2. The molecule has 0 bridgehead atoms. The third kappa shape index (κ3) is 3.38. The second kappa shape index (κ2) is 5.93. The van der Waals surface area contributed by atoms with Gasteiger partial charge in [-0.2, -0.15) is 0 Å². The van der Waals surface area contributed by atoms with Crippen LogP contribution in [0, 0.1) is 12.7 Å². The minimum atomic E-state index is -0.279. The van der Waals surface area contributed by atoms with Gasteiger partial charge in [0.25, 0.3) is 0 Å². The molecule has 2 rings (SSSR count). The predicted molar refractivity (Wildman–Crippen MR) is 76.3 cm³/mol. The number of nitrogens with zero attached hydrogens (tertiary/aromatic N) is 1. The highest BCUT2D eigenvalue weighted by Crippen LogP contribution is 2.27. The first-order valence-corrected chi connectivity index (χ1v) is 6.50. The van der Waals surface area contributed by atoms with Gasteiger partial charge >= 0.3 is 0 Å². The van der Waals surface area contributed by atoms with Gasteiger partial charge in [0, 0.05) is 24.3 Å². The monoisotopic (exact) mass is 258 g/mol. The van der Waals surface area contributed by atoms with Gasteiger partial charge in [-0.15, -0.1) is 0 Å². The van der Waals surface area contributed by atoms with Crippen LogP contribution in [0.1, 0.15) is 25.0 Å². The van der Waals surface area contributed by atoms with Crippen molar-refractivity contribution in [1.82, 2.24) is 10.3 Å². The highest BCUT2D eigenvalue weighted by molar-refractivity contribution is 5.68. The molecule has 0 spiro atoms. The molecule has 1 aromatic carbocycles. The highest BCUT2D eigenvalue weighted by atomic mass is 19.1. The maximum atomic E-state index is 13.9. The summed E-state index contributed by atoms with van der Waals surface area (Å²) in [5, 5.41) is 3.37. The van der Waals surface area contributed by atoms with Crippen molar-refractivity contribution in [2.75, 3.05) is 0 Å². The van der Waals surface area contributed by atoms with Crippen molar-refractivity contribution in [3.8, 4) is 11.1 Å². The molecular weight excluding hydrogens is 239 g/mol. The Morgan fingerprint density at radius 1 is 1.21 bits per heavy atom. The third-order valence-electron chi connectivity index (χ3n) is 3.03. The zero-order chi connectivity index (χ0) is 13.8. The Bertz CT molecular complexity index is 564. The van der Waals surface area contributed by atoms with Gasteiger partial charge in [-0.05, 0) is 24.1 Å². The second-order valence-corrected chi connectivity index (χ2v) is 5.05. The Kier molecular flexibility index (Phi) is 4.27. The van der Waals surface area contributed by atoms with Crippen LogP contribution in [0.4, 0.5) is 4.39 Å². The lowest BCUT2D eigenvalue weighted by molar-refractivity contribution is 0.588. The summed E-state index contributed by atoms with van der Waals surface area (Å²) in [5.74, 6) is -0.279. The molecule has 1 N–H and O–H groups in total. The van der Waals surface area contributed by atoms with Gasteiger partial charge in [0.05, 0.1) is 6.20 Å². The van der Waals surface area contributed by atoms with E-state index in [1.807, 2.05) is 13.0 Å². The van der Waals surface area contributed by atoms with E-state index in [-0.39, 0.29) is 5.82 Å². The zero-order valence-electron chi connectivity index (χ0n) is 11.6. The fourth-order valence-corrected chi connectivity index (χ4v) is 2.00. The lowest BCUT2D eigenvalue weighted by Gasteiger charge is -2.14. The van der Waals surface area contributed by atoms with Crippen molar-refractivity contribution in [1.29, 1.82) is 0 Å². The Balaban J connectivity index is 2.43. The number of rotatable bonds is 4. The topological polar surface area (TPSA) is 24.9 Å². The largest absolute Gasteiger partial charge is 0.310 e. The molecule has 0 aliphatic carbocycles. The number of hydrogen-bond donors (Lipinski definition) is 1. The fourth-order valence-electron chi connectivity index (χ4n) is 2.00. The summed E-state index contributed by atoms with van der Waals surface area (Å²) in [5.41, 5.74) is 3.77. The van der Waals surface area contributed by atoms with Crippen LogP contribution in [-0.4, -0.2) is 11.0 Å². The lowest BCUT2D eigenvalue weighted by atomic mass is 9.98. The van der Waals surface area contributed by atoms with E-state index in [9.17, 15) is 4.39 Å². The minimum absolute atomic E-state index is 0.279. The van der Waals surface area contributed by atoms with E-state index in [0.717, 1.165) is 23.2 Å². The van der Waals surface area contributed by atoms with Crippen molar-refractivity contribution >= 4 is 0 Å². The average molecular weight is 258 g/mol. The highest BCUT2D eigenvalue weighted by Gasteiger charge is 2.10. The van der Waals surface area contributed by atoms with Crippen molar-refractivity contribution in [3.63, 3.8) is 0 Å². The molecule has 3 heteroatoms. The summed E-state index contributed by atoms with van der Waals surface area (Å²) in [4.78, 5) is 3.81. The number of benzene rings is 1. The molecule has 0 radical (unpaired) electrons. The smallest absolute Gasteiger partial charge is 0.149 e. The summed E-state index contributed by atoms with van der Waals surface area (Å²) in [7, 11) is 0. The van der Waals surface area contributed by atoms with E-state index in [4.69, 9.17) is 0 Å². The summed E-state index contributed by atoms with van der Waals surface area (Å²) < 4.78 is 13.9. The van der Waals surface area contributed by atoms with Gasteiger partial charge in [-0.25, -0.2) is 4.39 Å². The fraction of sp³-hybridized carbons (Fsp3) is 0.312. The van der Waals surface area contributed by atoms with Gasteiger partial charge in [0.15, 0.2) is 0 Å². The first-order chi connectivity index (χ1) is 9.08. The predicted octanol–water partition coefficient (Wildman–Crippen LogP) is 3.69. The molecule has 2 nitrogen and oxygen atoms in total. The minimum Gasteiger partial charge on any atom is -0.310 e. The van der Waals surface area contributed by atoms with Crippen molar-refractivity contribution in [3.05, 3.63) is 53.6 Å². The molecule has 0 fully saturated rings. The quantitative estimate of drug-likeness (QED) is 0.904. The Hall–Kier alpha value is -1.74. The van der Waals surface area contributed by atoms with Crippen LogP contribution < -0.4 is 5.32 Å². The van der Waals surface area contributed by atoms with Gasteiger partial charge in [0.2, 0.25) is 0 Å². The molecule has 2 aromatic rings. The molecule has 0 aliphatic heterocycles. The standard InChI is InChI=1S/C16H19FN2/c1-11(2)19-9-13-5-4-12(3)8-15(13)14-6-7-18-10-16(14)17/h4-8,10-11,19H,9H2,1-3H3. The Morgan fingerprint density at radius 2 is 2.00 bits per heavy atom. The summed E-state index contributed by atoms with van der Waals surface area (Å²) >= 11 is 0. The number of pyridine rings is 1. The molecule has 0 atom stereocenters. The van der Waals surface area contributed by atoms with Crippen LogP contribution in [0.3, 0.4) is 0 Å². The molecule has 0 aliphatic rings. The van der Waals surface area contributed by atoms with Crippen molar-refractivity contribution in [2.45, 2.75) is 33.4 Å². The maximum Gasteiger partial charge on any atom is 0.149 e. The van der Waals surface area contributed by atoms with E-state index in [1.165, 1.54) is 6.20 Å². The van der Waals surface area contributed by atoms with Crippen LogP contribution in [0.15, 0.2) is 36.7 Å². The number of hydrogen-bond acceptors (Lipinski definition) is 2. The number of aryl methyl sites for hydroxylation is 1. The third-order valence-corrected chi connectivity index (χ3v) is 3.03. The van der Waals surface area contributed by atoms with Gasteiger partial charge in [0.1, 0.15) is 5.82 Å².